The molecule has 1 aromatic carbocycles. The predicted molar refractivity (Wildman–Crippen MR) is 314 cm³/mol. The van der Waals surface area contributed by atoms with E-state index in [1.54, 1.807) is 60.7 Å². The first kappa shape index (κ1) is 70.6. The molecule has 5 aliphatic rings. The molecule has 0 radical (unpaired) electrons. The number of halogens is 1. The van der Waals surface area contributed by atoms with Gasteiger partial charge in [0, 0.05) is 63.8 Å². The second-order valence-electron chi connectivity index (χ2n) is 25.9. The summed E-state index contributed by atoms with van der Waals surface area (Å²) in [5.74, 6) is -7.89. The van der Waals surface area contributed by atoms with Gasteiger partial charge in [-0.15, -0.1) is 5.10 Å². The Bertz CT molecular complexity index is 2650. The van der Waals surface area contributed by atoms with Gasteiger partial charge in [0.25, 0.3) is 0 Å². The zero-order valence-electron chi connectivity index (χ0n) is 54.0. The number of carbonyl (C=O) groups excluding carboxylic acids is 4. The SMILES string of the molecule is CO[C@@H]1[C@H](O)[C@@H](C)O[C@@H](OCC(C)C2OC(=O)C(C)C(O[C@H]3C[C@@H](C)N(C)C[C@H](C)O3)C(C)C(O[C@@H]3O[C@H](C)CC(=NOCc4cn(C[C@H]5CN(c6cccc(F)c6)C(=O)O5)nn4)[C@H]3O)C(C)CC(C)(O)C(=O)C(C)C(OC(=O)CC(C)C)C2C)[C@@H]1OC. The first-order valence-electron chi connectivity index (χ1n) is 31.0. The number of aliphatic hydroxyl groups is 3. The van der Waals surface area contributed by atoms with Gasteiger partial charge in [-0.1, -0.05) is 64.9 Å². The Labute approximate surface area is 516 Å². The van der Waals surface area contributed by atoms with E-state index in [1.807, 2.05) is 34.7 Å². The van der Waals surface area contributed by atoms with Crippen LogP contribution < -0.4 is 4.90 Å². The van der Waals surface area contributed by atoms with Gasteiger partial charge in [-0.25, -0.2) is 13.9 Å². The van der Waals surface area contributed by atoms with E-state index in [0.29, 0.717) is 24.3 Å². The molecule has 7 rings (SSSR count). The van der Waals surface area contributed by atoms with Crippen LogP contribution in [0.2, 0.25) is 0 Å². The van der Waals surface area contributed by atoms with Crippen LogP contribution >= 0.6 is 0 Å². The van der Waals surface area contributed by atoms with Gasteiger partial charge in [-0.05, 0) is 85.0 Å². The quantitative estimate of drug-likeness (QED) is 0.0876. The van der Waals surface area contributed by atoms with Crippen molar-refractivity contribution >= 4 is 35.2 Å². The van der Waals surface area contributed by atoms with E-state index in [2.05, 4.69) is 27.3 Å². The molecule has 6 heterocycles. The second-order valence-corrected chi connectivity index (χ2v) is 25.9. The molecule has 0 saturated carbocycles. The minimum atomic E-state index is -2.09. The minimum Gasteiger partial charge on any atom is -0.461 e. The van der Waals surface area contributed by atoms with Gasteiger partial charge in [-0.3, -0.25) is 19.3 Å². The van der Waals surface area contributed by atoms with Crippen molar-refractivity contribution in [2.24, 2.45) is 46.6 Å². The van der Waals surface area contributed by atoms with Crippen molar-refractivity contribution < 1.29 is 95.8 Å². The molecule has 23 atom stereocenters. The molecule has 1 amide bonds. The lowest BCUT2D eigenvalue weighted by Crippen LogP contribution is -2.59. The van der Waals surface area contributed by atoms with Gasteiger partial charge in [0.05, 0.1) is 79.6 Å². The van der Waals surface area contributed by atoms with Crippen molar-refractivity contribution in [3.05, 3.63) is 42.0 Å². The van der Waals surface area contributed by atoms with E-state index in [9.17, 15) is 29.3 Å². The molecule has 88 heavy (non-hydrogen) atoms. The number of amides is 1. The van der Waals surface area contributed by atoms with Crippen LogP contribution in [0.4, 0.5) is 14.9 Å². The van der Waals surface area contributed by atoms with Crippen LogP contribution in [0.25, 0.3) is 0 Å². The number of esters is 2. The number of ketones is 1. The number of anilines is 1. The minimum absolute atomic E-state index is 0.00354. The average molecular weight is 1250 g/mol. The molecule has 11 unspecified atom stereocenters. The van der Waals surface area contributed by atoms with Gasteiger partial charge in [0.1, 0.15) is 59.8 Å². The molecule has 496 valence electrons. The number of oxime groups is 1. The molecule has 0 spiro atoms. The maximum atomic E-state index is 15.4. The molecule has 5 fully saturated rings. The largest absolute Gasteiger partial charge is 0.461 e. The Morgan fingerprint density at radius 3 is 2.26 bits per heavy atom. The van der Waals surface area contributed by atoms with Crippen LogP contribution in [0.15, 0.2) is 35.6 Å². The standard InChI is InChI=1S/C62H97FN6O19/c1-31(2)20-47(70)85-53-38(9)52(33(4)29-79-60-56(78-16)55(77-15)49(71)41(12)83-60)87-58(74)40(11)54(86-48-21-34(5)67(14)25-36(7)81-48)37(8)51(32(3)24-62(13,76)57(73)39(53)10)88-59-50(72)46(22-35(6)82-59)65-80-30-43-26-68(66-64-43)27-45-28-69(61(75)84-45)44-19-17-18-42(63)23-44/h17-19,23,26,31-41,45,48-56,59-60,71-72,76H,20-22,24-25,27-30H2,1-16H3/t32?,33?,34-,35-,36+,37?,38?,39?,40?,41-,45+,48+,49-,50-,51?,52?,53?,54?,55-,56-,59+,60-,62?/m1/s1. The number of Topliss-reactive ketones (excluding diaryl/α,β-unsaturated/α-hetero) is 1. The maximum Gasteiger partial charge on any atom is 0.414 e. The van der Waals surface area contributed by atoms with Crippen LogP contribution in [-0.4, -0.2) is 209 Å². The summed E-state index contributed by atoms with van der Waals surface area (Å²) in [5, 5.41) is 48.3. The van der Waals surface area contributed by atoms with E-state index in [1.165, 1.54) is 48.9 Å². The van der Waals surface area contributed by atoms with E-state index in [4.69, 9.17) is 56.9 Å². The van der Waals surface area contributed by atoms with Crippen molar-refractivity contribution in [1.82, 2.24) is 19.9 Å². The first-order chi connectivity index (χ1) is 41.5. The molecule has 25 nitrogen and oxygen atoms in total. The maximum absolute atomic E-state index is 15.4. The monoisotopic (exact) mass is 1250 g/mol. The summed E-state index contributed by atoms with van der Waals surface area (Å²) in [6.07, 6.45) is -12.7. The summed E-state index contributed by atoms with van der Waals surface area (Å²) in [6, 6.07) is 5.66. The van der Waals surface area contributed by atoms with Crippen molar-refractivity contribution in [1.29, 1.82) is 0 Å². The van der Waals surface area contributed by atoms with E-state index in [0.717, 1.165) is 0 Å². The summed E-state index contributed by atoms with van der Waals surface area (Å²) in [7, 11) is 4.90. The summed E-state index contributed by atoms with van der Waals surface area (Å²) < 4.78 is 84.7. The topological polar surface area (TPSA) is 289 Å². The number of carbonyl (C=O) groups is 4. The highest BCUT2D eigenvalue weighted by molar-refractivity contribution is 5.90. The average Bonchev–Trinajstić information content (AvgIpc) is 1.32. The molecule has 2 aromatic rings. The molecule has 0 aliphatic carbocycles. The number of hydrogen-bond donors (Lipinski definition) is 3. The smallest absolute Gasteiger partial charge is 0.414 e. The number of hydrogen-bond acceptors (Lipinski definition) is 23. The van der Waals surface area contributed by atoms with Gasteiger partial charge >= 0.3 is 18.0 Å². The lowest BCUT2D eigenvalue weighted by atomic mass is 9.74. The van der Waals surface area contributed by atoms with Crippen LogP contribution in [-0.2, 0) is 84.5 Å². The third-order valence-corrected chi connectivity index (χ3v) is 17.8. The zero-order chi connectivity index (χ0) is 64.6. The molecule has 0 bridgehead atoms. The second kappa shape index (κ2) is 31.0. The van der Waals surface area contributed by atoms with E-state index >= 15 is 9.59 Å². The lowest BCUT2D eigenvalue weighted by Gasteiger charge is -2.44. The number of methoxy groups -OCH3 is 2. The highest BCUT2D eigenvalue weighted by Gasteiger charge is 2.51. The fourth-order valence-corrected chi connectivity index (χ4v) is 12.9. The summed E-state index contributed by atoms with van der Waals surface area (Å²) in [5.41, 5.74) is -1.17. The Hall–Kier alpha value is -4.84. The highest BCUT2D eigenvalue weighted by atomic mass is 19.1. The van der Waals surface area contributed by atoms with Gasteiger partial charge in [0.15, 0.2) is 31.3 Å². The summed E-state index contributed by atoms with van der Waals surface area (Å²) in [4.78, 5) is 66.3. The number of ether oxygens (including phenoxy) is 11. The third kappa shape index (κ3) is 17.6. The van der Waals surface area contributed by atoms with Crippen LogP contribution in [0.1, 0.15) is 121 Å². The lowest BCUT2D eigenvalue weighted by molar-refractivity contribution is -0.305. The Kier molecular flexibility index (Phi) is 24.9. The van der Waals surface area contributed by atoms with Crippen molar-refractivity contribution in [2.45, 2.75) is 233 Å². The molecular weight excluding hydrogens is 1150 g/mol. The van der Waals surface area contributed by atoms with Crippen molar-refractivity contribution in [2.75, 3.05) is 45.9 Å². The van der Waals surface area contributed by atoms with Crippen LogP contribution in [0.3, 0.4) is 0 Å². The number of rotatable bonds is 19. The normalized spacial score (nSPS) is 38.5. The fraction of sp³-hybridized carbons (Fsp3) is 0.790. The molecule has 26 heteroatoms. The van der Waals surface area contributed by atoms with Crippen LogP contribution in [0.5, 0.6) is 0 Å². The molecule has 5 aliphatic heterocycles. The highest BCUT2D eigenvalue weighted by Crippen LogP contribution is 2.40. The first-order valence-corrected chi connectivity index (χ1v) is 31.0. The number of aromatic nitrogens is 3. The van der Waals surface area contributed by atoms with Gasteiger partial charge in [-0.2, -0.15) is 0 Å². The molecule has 5 saturated heterocycles. The number of benzene rings is 1. The Balaban J connectivity index is 1.18. The van der Waals surface area contributed by atoms with Gasteiger partial charge < -0.3 is 77.2 Å². The molecular formula is C62H97FN6O19. The molecule has 1 aromatic heterocycles. The number of nitrogens with zero attached hydrogens (tertiary/aromatic N) is 6. The summed E-state index contributed by atoms with van der Waals surface area (Å²) >= 11 is 0. The van der Waals surface area contributed by atoms with Crippen molar-refractivity contribution in [3.8, 4) is 0 Å². The number of aliphatic hydroxyl groups excluding tert-OH is 2. The molecule has 3 N–H and O–H groups in total. The van der Waals surface area contributed by atoms with Crippen LogP contribution in [0, 0.1) is 47.2 Å². The summed E-state index contributed by atoms with van der Waals surface area (Å²) in [6.45, 7) is 23.7. The Morgan fingerprint density at radius 2 is 1.58 bits per heavy atom. The van der Waals surface area contributed by atoms with Gasteiger partial charge in [0.2, 0.25) is 0 Å². The Morgan fingerprint density at radius 1 is 0.864 bits per heavy atom. The van der Waals surface area contributed by atoms with E-state index < -0.39 is 157 Å². The predicted octanol–water partition coefficient (Wildman–Crippen LogP) is 5.60. The number of likely N-dealkylation sites (N-methyl/N-ethyl adjacent to an activating group) is 1. The third-order valence-electron chi connectivity index (χ3n) is 17.8. The fourth-order valence-electron chi connectivity index (χ4n) is 12.9. The number of cyclic esters (lactones) is 2. The zero-order valence-corrected chi connectivity index (χ0v) is 54.0. The van der Waals surface area contributed by atoms with E-state index in [-0.39, 0.29) is 69.3 Å². The van der Waals surface area contributed by atoms with Crippen molar-refractivity contribution in [3.63, 3.8) is 0 Å².